The smallest absolute Gasteiger partial charge is 0.350 e. The zero-order valence-electron chi connectivity index (χ0n) is 13.8. The monoisotopic (exact) mass is 373 g/mol. The normalized spacial score (nSPS) is 13.1. The number of fused-ring (bicyclic) bond motifs is 1. The van der Waals surface area contributed by atoms with Gasteiger partial charge in [-0.05, 0) is 13.3 Å². The third-order valence-corrected chi connectivity index (χ3v) is 3.55. The lowest BCUT2D eigenvalue weighted by atomic mass is 10.3. The lowest BCUT2D eigenvalue weighted by molar-refractivity contribution is 0.0312. The molecule has 1 atom stereocenters. The predicted octanol–water partition coefficient (Wildman–Crippen LogP) is 0.438. The van der Waals surface area contributed by atoms with Gasteiger partial charge in [-0.2, -0.15) is 0 Å². The van der Waals surface area contributed by atoms with Crippen LogP contribution in [0.1, 0.15) is 30.8 Å². The summed E-state index contributed by atoms with van der Waals surface area (Å²) < 4.78 is 17.6. The molecule has 0 aliphatic heterocycles. The van der Waals surface area contributed by atoms with Crippen molar-refractivity contribution in [1.29, 1.82) is 0 Å². The van der Waals surface area contributed by atoms with Gasteiger partial charge < -0.3 is 19.1 Å². The van der Waals surface area contributed by atoms with Crippen LogP contribution in [0.4, 0.5) is 0 Å². The van der Waals surface area contributed by atoms with Gasteiger partial charge in [0, 0.05) is 0 Å². The van der Waals surface area contributed by atoms with E-state index in [9.17, 15) is 9.36 Å². The van der Waals surface area contributed by atoms with Crippen molar-refractivity contribution in [2.45, 2.75) is 32.9 Å². The summed E-state index contributed by atoms with van der Waals surface area (Å²) >= 11 is 0. The summed E-state index contributed by atoms with van der Waals surface area (Å²) in [6, 6.07) is 0. The summed E-state index contributed by atoms with van der Waals surface area (Å²) in [5.41, 5.74) is 3.06. The first-order chi connectivity index (χ1) is 11.8. The Bertz CT molecular complexity index is 775. The summed E-state index contributed by atoms with van der Waals surface area (Å²) in [5, 5.41) is 0. The van der Waals surface area contributed by atoms with Crippen molar-refractivity contribution in [1.82, 2.24) is 25.0 Å². The second-order valence-corrected chi connectivity index (χ2v) is 6.93. The Kier molecular flexibility index (Phi) is 6.57. The van der Waals surface area contributed by atoms with E-state index in [0.29, 0.717) is 17.8 Å². The van der Waals surface area contributed by atoms with Gasteiger partial charge in [-0.1, -0.05) is 6.92 Å². The number of amides is 1. The number of nitrogens with zero attached hydrogens (tertiary/aromatic N) is 4. The number of ether oxygens (including phenoxy) is 1. The van der Waals surface area contributed by atoms with E-state index in [1.54, 1.807) is 11.5 Å². The number of nitrogens with one attached hydrogen (secondary N) is 1. The molecule has 0 bridgehead atoms. The first kappa shape index (κ1) is 19.4. The van der Waals surface area contributed by atoms with E-state index < -0.39 is 26.0 Å². The Morgan fingerprint density at radius 1 is 1.40 bits per heavy atom. The fraction of sp³-hybridized carbons (Fsp3) is 0.538. The van der Waals surface area contributed by atoms with Crippen LogP contribution in [0.3, 0.4) is 0 Å². The van der Waals surface area contributed by atoms with E-state index in [0.717, 1.165) is 6.42 Å². The molecule has 0 aromatic carbocycles. The lowest BCUT2D eigenvalue weighted by Crippen LogP contribution is -2.25. The van der Waals surface area contributed by atoms with Gasteiger partial charge in [-0.3, -0.25) is 14.2 Å². The molecule has 0 unspecified atom stereocenters. The molecule has 11 nitrogen and oxygen atoms in total. The number of rotatable bonds is 9. The average Bonchev–Trinajstić information content (AvgIpc) is 2.95. The van der Waals surface area contributed by atoms with Gasteiger partial charge >= 0.3 is 7.60 Å². The Hall–Kier alpha value is -1.91. The topological polar surface area (TPSA) is 149 Å². The number of carbonyl (C=O) groups excluding carboxylic acids is 1. The molecule has 12 heteroatoms. The van der Waals surface area contributed by atoms with Crippen molar-refractivity contribution in [2.24, 2.45) is 0 Å². The molecule has 2 aromatic rings. The van der Waals surface area contributed by atoms with E-state index in [1.807, 2.05) is 6.92 Å². The summed E-state index contributed by atoms with van der Waals surface area (Å²) in [6.45, 7) is 4.20. The summed E-state index contributed by atoms with van der Waals surface area (Å²) in [7, 11) is -4.23. The molecule has 0 spiro atoms. The Morgan fingerprint density at radius 3 is 2.84 bits per heavy atom. The molecular formula is C13H20N5O6P. The van der Waals surface area contributed by atoms with Gasteiger partial charge in [-0.15, -0.1) is 0 Å². The van der Waals surface area contributed by atoms with Gasteiger partial charge in [-0.25, -0.2) is 20.4 Å². The molecule has 2 rings (SSSR count). The van der Waals surface area contributed by atoms with Crippen LogP contribution in [0.5, 0.6) is 0 Å². The van der Waals surface area contributed by atoms with Crippen LogP contribution < -0.4 is 5.48 Å². The fourth-order valence-corrected chi connectivity index (χ4v) is 2.45. The van der Waals surface area contributed by atoms with Crippen molar-refractivity contribution >= 4 is 24.7 Å². The van der Waals surface area contributed by atoms with Crippen molar-refractivity contribution < 1.29 is 28.7 Å². The van der Waals surface area contributed by atoms with Crippen LogP contribution in [0.25, 0.3) is 11.2 Å². The standard InChI is InChI=1S/C13H20N5O6P/c1-3-4-24-17-13(19)11-10-12(15-6-14-11)18(7-16-10)5-9(2)23-8-25(20,21)22/h6-7,9H,3-5,8H2,1-2H3,(H,17,19)(H2,20,21,22)/t9-/m1/s1. The molecule has 1 amide bonds. The highest BCUT2D eigenvalue weighted by Crippen LogP contribution is 2.34. The van der Waals surface area contributed by atoms with Crippen LogP contribution in [0.15, 0.2) is 12.7 Å². The highest BCUT2D eigenvalue weighted by molar-refractivity contribution is 7.51. The second-order valence-electron chi connectivity index (χ2n) is 5.34. The van der Waals surface area contributed by atoms with Crippen LogP contribution in [0, 0.1) is 0 Å². The van der Waals surface area contributed by atoms with Gasteiger partial charge in [0.15, 0.2) is 11.3 Å². The van der Waals surface area contributed by atoms with Gasteiger partial charge in [0.2, 0.25) is 0 Å². The lowest BCUT2D eigenvalue weighted by Gasteiger charge is -2.14. The minimum atomic E-state index is -4.23. The number of hydrogen-bond donors (Lipinski definition) is 3. The van der Waals surface area contributed by atoms with Gasteiger partial charge in [0.1, 0.15) is 18.2 Å². The molecular weight excluding hydrogens is 353 g/mol. The molecule has 0 saturated heterocycles. The summed E-state index contributed by atoms with van der Waals surface area (Å²) in [5.74, 6) is -0.531. The Morgan fingerprint density at radius 2 is 2.16 bits per heavy atom. The predicted molar refractivity (Wildman–Crippen MR) is 86.5 cm³/mol. The number of imidazole rings is 1. The summed E-state index contributed by atoms with van der Waals surface area (Å²) in [4.78, 5) is 46.9. The highest BCUT2D eigenvalue weighted by atomic mass is 31.2. The summed E-state index contributed by atoms with van der Waals surface area (Å²) in [6.07, 6.45) is 2.28. The van der Waals surface area contributed by atoms with Crippen molar-refractivity contribution in [3.63, 3.8) is 0 Å². The molecule has 25 heavy (non-hydrogen) atoms. The van der Waals surface area contributed by atoms with Crippen molar-refractivity contribution in [3.8, 4) is 0 Å². The number of carbonyl (C=O) groups is 1. The quantitative estimate of drug-likeness (QED) is 0.323. The third kappa shape index (κ3) is 5.55. The molecule has 2 heterocycles. The minimum absolute atomic E-state index is 0.0728. The molecule has 0 fully saturated rings. The van der Waals surface area contributed by atoms with E-state index in [-0.39, 0.29) is 12.2 Å². The molecule has 138 valence electrons. The van der Waals surface area contributed by atoms with Crippen molar-refractivity contribution in [3.05, 3.63) is 18.3 Å². The largest absolute Gasteiger partial charge is 0.364 e. The van der Waals surface area contributed by atoms with E-state index in [1.165, 1.54) is 12.7 Å². The van der Waals surface area contributed by atoms with Crippen LogP contribution in [0.2, 0.25) is 0 Å². The zero-order chi connectivity index (χ0) is 18.4. The second kappa shape index (κ2) is 8.45. The minimum Gasteiger partial charge on any atom is -0.364 e. The molecule has 0 aliphatic carbocycles. The van der Waals surface area contributed by atoms with Crippen molar-refractivity contribution in [2.75, 3.05) is 13.0 Å². The van der Waals surface area contributed by atoms with Crippen LogP contribution in [-0.4, -0.2) is 54.3 Å². The number of hydrogen-bond acceptors (Lipinski definition) is 7. The molecule has 2 aromatic heterocycles. The third-order valence-electron chi connectivity index (χ3n) is 3.07. The first-order valence-electron chi connectivity index (χ1n) is 7.56. The maximum Gasteiger partial charge on any atom is 0.350 e. The van der Waals surface area contributed by atoms with Gasteiger partial charge in [0.25, 0.3) is 5.91 Å². The Labute approximate surface area is 143 Å². The number of aromatic nitrogens is 4. The Balaban J connectivity index is 2.12. The fourth-order valence-electron chi connectivity index (χ4n) is 2.00. The average molecular weight is 373 g/mol. The SMILES string of the molecule is CCCONC(=O)c1ncnc2c1ncn2C[C@@H](C)OCP(=O)(O)O. The molecule has 0 aliphatic rings. The maximum absolute atomic E-state index is 12.1. The molecule has 0 radical (unpaired) electrons. The maximum atomic E-state index is 12.1. The van der Waals surface area contributed by atoms with Gasteiger partial charge in [0.05, 0.1) is 25.6 Å². The first-order valence-corrected chi connectivity index (χ1v) is 9.35. The van der Waals surface area contributed by atoms with Crippen LogP contribution >= 0.6 is 7.60 Å². The van der Waals surface area contributed by atoms with E-state index in [2.05, 4.69) is 20.4 Å². The van der Waals surface area contributed by atoms with E-state index >= 15 is 0 Å². The highest BCUT2D eigenvalue weighted by Gasteiger charge is 2.19. The molecule has 0 saturated carbocycles. The van der Waals surface area contributed by atoms with E-state index in [4.69, 9.17) is 19.4 Å². The zero-order valence-corrected chi connectivity index (χ0v) is 14.7. The number of hydroxylamine groups is 1. The van der Waals surface area contributed by atoms with Crippen LogP contribution in [-0.2, 0) is 20.7 Å². The molecule has 3 N–H and O–H groups in total.